The third kappa shape index (κ3) is 3.36. The summed E-state index contributed by atoms with van der Waals surface area (Å²) in [7, 11) is -3.36. The Morgan fingerprint density at radius 3 is 2.88 bits per heavy atom. The van der Waals surface area contributed by atoms with Gasteiger partial charge in [0, 0.05) is 11.9 Å². The Morgan fingerprint density at radius 2 is 2.12 bits per heavy atom. The van der Waals surface area contributed by atoms with Crippen LogP contribution in [0.3, 0.4) is 0 Å². The molecule has 2 heterocycles. The summed E-state index contributed by atoms with van der Waals surface area (Å²) in [6.07, 6.45) is 2.42. The normalized spacial score (nSPS) is 11.5. The molecule has 0 aliphatic rings. The highest BCUT2D eigenvalue weighted by atomic mass is 32.2. The lowest BCUT2D eigenvalue weighted by molar-refractivity contribution is -0.116. The van der Waals surface area contributed by atoms with Gasteiger partial charge in [-0.05, 0) is 29.6 Å². The van der Waals surface area contributed by atoms with Gasteiger partial charge in [0.25, 0.3) is 5.56 Å². The molecule has 0 aliphatic heterocycles. The highest BCUT2D eigenvalue weighted by Crippen LogP contribution is 2.16. The number of thiophene rings is 1. The highest BCUT2D eigenvalue weighted by molar-refractivity contribution is 7.90. The van der Waals surface area contributed by atoms with Crippen molar-refractivity contribution in [3.05, 3.63) is 52.4 Å². The predicted molar refractivity (Wildman–Crippen MR) is 92.1 cm³/mol. The van der Waals surface area contributed by atoms with Crippen LogP contribution in [0.2, 0.25) is 0 Å². The molecular weight excluding hydrogens is 350 g/mol. The van der Waals surface area contributed by atoms with Crippen molar-refractivity contribution < 1.29 is 13.2 Å². The molecule has 1 aromatic carbocycles. The summed E-state index contributed by atoms with van der Waals surface area (Å²) in [5.41, 5.74) is 0.0573. The van der Waals surface area contributed by atoms with E-state index in [2.05, 4.69) is 10.3 Å². The number of sulfone groups is 1. The lowest BCUT2D eigenvalue weighted by atomic mass is 10.3. The topological polar surface area (TPSA) is 98.1 Å². The van der Waals surface area contributed by atoms with Gasteiger partial charge in [0.1, 0.15) is 11.4 Å². The second-order valence-corrected chi connectivity index (χ2v) is 8.08. The number of fused-ring (bicyclic) bond motifs is 1. The minimum absolute atomic E-state index is 0.110. The fraction of sp³-hybridized carbons (Fsp3) is 0.133. The molecule has 0 bridgehead atoms. The molecule has 0 radical (unpaired) electrons. The van der Waals surface area contributed by atoms with Crippen LogP contribution in [0.15, 0.2) is 51.7 Å². The Morgan fingerprint density at radius 1 is 1.33 bits per heavy atom. The molecule has 0 spiro atoms. The molecule has 0 atom stereocenters. The van der Waals surface area contributed by atoms with Gasteiger partial charge in [-0.3, -0.25) is 14.2 Å². The second-order valence-electron chi connectivity index (χ2n) is 5.17. The van der Waals surface area contributed by atoms with Gasteiger partial charge in [0.15, 0.2) is 9.84 Å². The van der Waals surface area contributed by atoms with Crippen LogP contribution in [0.1, 0.15) is 0 Å². The van der Waals surface area contributed by atoms with Crippen LogP contribution in [-0.4, -0.2) is 30.1 Å². The van der Waals surface area contributed by atoms with Crippen LogP contribution >= 0.6 is 11.3 Å². The summed E-state index contributed by atoms with van der Waals surface area (Å²) >= 11 is 1.35. The fourth-order valence-corrected chi connectivity index (χ4v) is 3.56. The number of hydrogen-bond acceptors (Lipinski definition) is 6. The first-order valence-electron chi connectivity index (χ1n) is 6.87. The van der Waals surface area contributed by atoms with E-state index in [1.807, 2.05) is 0 Å². The standard InChI is InChI=1S/C15H13N3O4S2/c1-24(21,22)11-4-2-3-10(7-11)17-13(19)8-18-9-16-14-12(15(18)20)5-6-23-14/h2-7,9H,8H2,1H3,(H,17,19). The molecule has 0 fully saturated rings. The Kier molecular flexibility index (Phi) is 4.20. The fourth-order valence-electron chi connectivity index (χ4n) is 2.17. The summed E-state index contributed by atoms with van der Waals surface area (Å²) in [5.74, 6) is -0.445. The van der Waals surface area contributed by atoms with Gasteiger partial charge in [0.05, 0.1) is 16.6 Å². The van der Waals surface area contributed by atoms with Crippen molar-refractivity contribution in [2.24, 2.45) is 0 Å². The molecule has 124 valence electrons. The summed E-state index contributed by atoms with van der Waals surface area (Å²) in [6.45, 7) is -0.208. The molecule has 1 N–H and O–H groups in total. The quantitative estimate of drug-likeness (QED) is 0.757. The summed E-state index contributed by atoms with van der Waals surface area (Å²) < 4.78 is 24.3. The molecule has 0 saturated carbocycles. The average molecular weight is 363 g/mol. The molecule has 9 heteroatoms. The molecular formula is C15H13N3O4S2. The van der Waals surface area contributed by atoms with E-state index in [1.165, 1.54) is 40.4 Å². The van der Waals surface area contributed by atoms with Crippen LogP contribution in [0.25, 0.3) is 10.2 Å². The third-order valence-corrected chi connectivity index (χ3v) is 5.24. The van der Waals surface area contributed by atoms with Crippen LogP contribution in [0.4, 0.5) is 5.69 Å². The minimum atomic E-state index is -3.36. The first kappa shape index (κ1) is 16.3. The van der Waals surface area contributed by atoms with Crippen molar-refractivity contribution >= 4 is 43.0 Å². The number of nitrogens with zero attached hydrogens (tertiary/aromatic N) is 2. The molecule has 2 aromatic heterocycles. The lowest BCUT2D eigenvalue weighted by Gasteiger charge is -2.08. The van der Waals surface area contributed by atoms with Crippen LogP contribution < -0.4 is 10.9 Å². The number of hydrogen-bond donors (Lipinski definition) is 1. The van der Waals surface area contributed by atoms with Crippen molar-refractivity contribution in [1.29, 1.82) is 0 Å². The van der Waals surface area contributed by atoms with E-state index in [0.29, 0.717) is 15.9 Å². The highest BCUT2D eigenvalue weighted by Gasteiger charge is 2.11. The maximum Gasteiger partial charge on any atom is 0.262 e. The zero-order valence-electron chi connectivity index (χ0n) is 12.6. The Bertz CT molecular complexity index is 1080. The number of benzene rings is 1. The summed E-state index contributed by atoms with van der Waals surface area (Å²) in [5, 5.41) is 4.81. The molecule has 0 unspecified atom stereocenters. The summed E-state index contributed by atoms with van der Waals surface area (Å²) in [4.78, 5) is 29.2. The molecule has 3 aromatic rings. The number of rotatable bonds is 4. The van der Waals surface area contributed by atoms with Gasteiger partial charge < -0.3 is 5.32 Å². The van der Waals surface area contributed by atoms with Gasteiger partial charge in [0.2, 0.25) is 5.91 Å². The number of aromatic nitrogens is 2. The minimum Gasteiger partial charge on any atom is -0.324 e. The average Bonchev–Trinajstić information content (AvgIpc) is 2.99. The lowest BCUT2D eigenvalue weighted by Crippen LogP contribution is -2.27. The Hall–Kier alpha value is -2.52. The van der Waals surface area contributed by atoms with E-state index >= 15 is 0 Å². The Labute approximate surface area is 141 Å². The molecule has 3 rings (SSSR count). The maximum absolute atomic E-state index is 12.2. The van der Waals surface area contributed by atoms with Crippen molar-refractivity contribution in [2.45, 2.75) is 11.4 Å². The predicted octanol–water partition coefficient (Wildman–Crippen LogP) is 1.50. The van der Waals surface area contributed by atoms with Gasteiger partial charge in [-0.15, -0.1) is 11.3 Å². The SMILES string of the molecule is CS(=O)(=O)c1cccc(NC(=O)Cn2cnc3sccc3c2=O)c1. The van der Waals surface area contributed by atoms with E-state index in [0.717, 1.165) is 6.26 Å². The van der Waals surface area contributed by atoms with Crippen LogP contribution in [-0.2, 0) is 21.2 Å². The monoisotopic (exact) mass is 363 g/mol. The van der Waals surface area contributed by atoms with Crippen LogP contribution in [0.5, 0.6) is 0 Å². The number of anilines is 1. The number of carbonyl (C=O) groups excluding carboxylic acids is 1. The number of amides is 1. The number of carbonyl (C=O) groups is 1. The summed E-state index contributed by atoms with van der Waals surface area (Å²) in [6, 6.07) is 7.60. The van der Waals surface area contributed by atoms with Crippen molar-refractivity contribution in [3.8, 4) is 0 Å². The maximum atomic E-state index is 12.2. The van der Waals surface area contributed by atoms with Crippen LogP contribution in [0, 0.1) is 0 Å². The van der Waals surface area contributed by atoms with Gasteiger partial charge in [-0.25, -0.2) is 13.4 Å². The van der Waals surface area contributed by atoms with Crippen molar-refractivity contribution in [3.63, 3.8) is 0 Å². The van der Waals surface area contributed by atoms with Crippen molar-refractivity contribution in [2.75, 3.05) is 11.6 Å². The molecule has 0 aliphatic carbocycles. The molecule has 0 saturated heterocycles. The molecule has 1 amide bonds. The first-order valence-corrected chi connectivity index (χ1v) is 9.64. The zero-order chi connectivity index (χ0) is 17.3. The Balaban J connectivity index is 1.80. The first-order chi connectivity index (χ1) is 11.3. The van der Waals surface area contributed by atoms with Gasteiger partial charge in [-0.2, -0.15) is 0 Å². The molecule has 7 nitrogen and oxygen atoms in total. The number of nitrogens with one attached hydrogen (secondary N) is 1. The zero-order valence-corrected chi connectivity index (χ0v) is 14.2. The van der Waals surface area contributed by atoms with Gasteiger partial charge in [-0.1, -0.05) is 6.07 Å². The van der Waals surface area contributed by atoms with E-state index in [1.54, 1.807) is 17.5 Å². The smallest absolute Gasteiger partial charge is 0.262 e. The largest absolute Gasteiger partial charge is 0.324 e. The van der Waals surface area contributed by atoms with E-state index in [9.17, 15) is 18.0 Å². The van der Waals surface area contributed by atoms with Crippen molar-refractivity contribution in [1.82, 2.24) is 9.55 Å². The second kappa shape index (κ2) is 6.17. The third-order valence-electron chi connectivity index (χ3n) is 3.31. The molecule has 24 heavy (non-hydrogen) atoms. The van der Waals surface area contributed by atoms with E-state index in [4.69, 9.17) is 0 Å². The van der Waals surface area contributed by atoms with Gasteiger partial charge >= 0.3 is 0 Å². The van der Waals surface area contributed by atoms with E-state index in [-0.39, 0.29) is 17.0 Å². The van der Waals surface area contributed by atoms with E-state index < -0.39 is 15.7 Å².